The maximum Gasteiger partial charge on any atom is 0.335 e. The summed E-state index contributed by atoms with van der Waals surface area (Å²) in [6, 6.07) is 11.7. The Kier molecular flexibility index (Phi) is 4.48. The van der Waals surface area contributed by atoms with Gasteiger partial charge in [-0.3, -0.25) is 4.79 Å². The molecule has 0 aliphatic carbocycles. The second-order valence-electron chi connectivity index (χ2n) is 4.51. The highest BCUT2D eigenvalue weighted by Crippen LogP contribution is 2.09. The summed E-state index contributed by atoms with van der Waals surface area (Å²) in [6.07, 6.45) is 2.92. The number of carboxylic acid groups (broad SMARTS) is 2. The van der Waals surface area contributed by atoms with Gasteiger partial charge in [0.15, 0.2) is 5.78 Å². The Bertz CT molecular complexity index is 740. The molecule has 0 amide bonds. The van der Waals surface area contributed by atoms with Crippen molar-refractivity contribution in [3.63, 3.8) is 0 Å². The smallest absolute Gasteiger partial charge is 0.335 e. The number of benzene rings is 2. The third-order valence-corrected chi connectivity index (χ3v) is 3.00. The number of carbonyl (C=O) groups is 3. The molecule has 5 nitrogen and oxygen atoms in total. The van der Waals surface area contributed by atoms with Crippen molar-refractivity contribution >= 4 is 23.8 Å². The summed E-state index contributed by atoms with van der Waals surface area (Å²) in [5, 5.41) is 17.6. The van der Waals surface area contributed by atoms with Crippen LogP contribution >= 0.6 is 0 Å². The van der Waals surface area contributed by atoms with Crippen molar-refractivity contribution in [2.45, 2.75) is 0 Å². The van der Waals surface area contributed by atoms with Gasteiger partial charge in [0.1, 0.15) is 0 Å². The van der Waals surface area contributed by atoms with Gasteiger partial charge in [0.25, 0.3) is 0 Å². The van der Waals surface area contributed by atoms with Gasteiger partial charge in [0, 0.05) is 5.56 Å². The molecule has 0 atom stereocenters. The molecule has 0 spiro atoms. The van der Waals surface area contributed by atoms with Gasteiger partial charge >= 0.3 is 11.9 Å². The van der Waals surface area contributed by atoms with Crippen molar-refractivity contribution in [3.05, 3.63) is 76.9 Å². The van der Waals surface area contributed by atoms with Crippen LogP contribution in [0.1, 0.15) is 36.6 Å². The Labute approximate surface area is 126 Å². The van der Waals surface area contributed by atoms with E-state index in [1.807, 2.05) is 0 Å². The first-order valence-corrected chi connectivity index (χ1v) is 6.36. The lowest BCUT2D eigenvalue weighted by molar-refractivity contribution is 0.0686. The molecule has 0 fully saturated rings. The van der Waals surface area contributed by atoms with Crippen molar-refractivity contribution in [3.8, 4) is 0 Å². The van der Waals surface area contributed by atoms with Crippen LogP contribution < -0.4 is 0 Å². The number of hydrogen-bond donors (Lipinski definition) is 2. The predicted octanol–water partition coefficient (Wildman–Crippen LogP) is 2.98. The monoisotopic (exact) mass is 296 g/mol. The Balaban J connectivity index is 2.10. The highest BCUT2D eigenvalue weighted by Gasteiger charge is 2.05. The van der Waals surface area contributed by atoms with Crippen LogP contribution in [-0.2, 0) is 0 Å². The average Bonchev–Trinajstić information content (AvgIpc) is 2.53. The van der Waals surface area contributed by atoms with E-state index in [0.29, 0.717) is 11.1 Å². The largest absolute Gasteiger partial charge is 0.478 e. The van der Waals surface area contributed by atoms with Crippen LogP contribution in [0.15, 0.2) is 54.6 Å². The summed E-state index contributed by atoms with van der Waals surface area (Å²) in [5.74, 6) is -2.32. The standard InChI is InChI=1S/C17H12O5/c18-15(12-6-8-14(9-7-12)17(21)22)10-3-11-1-4-13(5-2-11)16(19)20/h1-10H,(H,19,20)(H,21,22). The number of ketones is 1. The molecule has 0 aliphatic rings. The van der Waals surface area contributed by atoms with E-state index in [0.717, 1.165) is 0 Å². The van der Waals surface area contributed by atoms with Gasteiger partial charge < -0.3 is 10.2 Å². The van der Waals surface area contributed by atoms with Crippen LogP contribution in [0.2, 0.25) is 0 Å². The molecule has 0 saturated carbocycles. The van der Waals surface area contributed by atoms with E-state index in [1.165, 1.54) is 42.5 Å². The van der Waals surface area contributed by atoms with E-state index < -0.39 is 11.9 Å². The second kappa shape index (κ2) is 6.49. The molecule has 5 heteroatoms. The van der Waals surface area contributed by atoms with Crippen LogP contribution in [0.3, 0.4) is 0 Å². The minimum Gasteiger partial charge on any atom is -0.478 e. The summed E-state index contributed by atoms with van der Waals surface area (Å²) >= 11 is 0. The highest BCUT2D eigenvalue weighted by molar-refractivity contribution is 6.07. The fourth-order valence-corrected chi connectivity index (χ4v) is 1.78. The van der Waals surface area contributed by atoms with Crippen molar-refractivity contribution in [1.29, 1.82) is 0 Å². The molecule has 2 aromatic rings. The second-order valence-corrected chi connectivity index (χ2v) is 4.51. The van der Waals surface area contributed by atoms with Crippen LogP contribution in [-0.4, -0.2) is 27.9 Å². The van der Waals surface area contributed by atoms with E-state index in [9.17, 15) is 14.4 Å². The van der Waals surface area contributed by atoms with E-state index in [4.69, 9.17) is 10.2 Å². The third-order valence-electron chi connectivity index (χ3n) is 3.00. The lowest BCUT2D eigenvalue weighted by Gasteiger charge is -1.98. The van der Waals surface area contributed by atoms with Gasteiger partial charge in [-0.25, -0.2) is 9.59 Å². The van der Waals surface area contributed by atoms with E-state index in [1.54, 1.807) is 18.2 Å². The molecule has 0 radical (unpaired) electrons. The lowest BCUT2D eigenvalue weighted by Crippen LogP contribution is -1.99. The molecular weight excluding hydrogens is 284 g/mol. The first-order chi connectivity index (χ1) is 10.5. The zero-order valence-electron chi connectivity index (χ0n) is 11.4. The fraction of sp³-hybridized carbons (Fsp3) is 0. The molecule has 2 N–H and O–H groups in total. The maximum absolute atomic E-state index is 11.9. The van der Waals surface area contributed by atoms with Gasteiger partial charge in [0.05, 0.1) is 11.1 Å². The first-order valence-electron chi connectivity index (χ1n) is 6.36. The molecule has 2 aromatic carbocycles. The van der Waals surface area contributed by atoms with Crippen molar-refractivity contribution < 1.29 is 24.6 Å². The van der Waals surface area contributed by atoms with Crippen LogP contribution in [0.5, 0.6) is 0 Å². The summed E-state index contributed by atoms with van der Waals surface area (Å²) in [7, 11) is 0. The quantitative estimate of drug-likeness (QED) is 0.653. The van der Waals surface area contributed by atoms with Crippen LogP contribution in [0.4, 0.5) is 0 Å². The van der Waals surface area contributed by atoms with Crippen molar-refractivity contribution in [2.24, 2.45) is 0 Å². The molecule has 0 bridgehead atoms. The number of aromatic carboxylic acids is 2. The minimum absolute atomic E-state index is 0.116. The number of allylic oxidation sites excluding steroid dienone is 1. The van der Waals surface area contributed by atoms with E-state index in [-0.39, 0.29) is 16.9 Å². The zero-order chi connectivity index (χ0) is 16.1. The molecule has 0 aliphatic heterocycles. The van der Waals surface area contributed by atoms with Gasteiger partial charge in [-0.05, 0) is 35.9 Å². The minimum atomic E-state index is -1.05. The lowest BCUT2D eigenvalue weighted by atomic mass is 10.1. The van der Waals surface area contributed by atoms with E-state index >= 15 is 0 Å². The summed E-state index contributed by atoms with van der Waals surface area (Å²) in [6.45, 7) is 0. The first kappa shape index (κ1) is 15.2. The van der Waals surface area contributed by atoms with Gasteiger partial charge in [0.2, 0.25) is 0 Å². The molecule has 0 heterocycles. The molecule has 2 rings (SSSR count). The van der Waals surface area contributed by atoms with Crippen LogP contribution in [0.25, 0.3) is 6.08 Å². The molecule has 22 heavy (non-hydrogen) atoms. The SMILES string of the molecule is O=C(O)c1ccc(C=CC(=O)c2ccc(C(=O)O)cc2)cc1. The summed E-state index contributed by atoms with van der Waals surface area (Å²) in [4.78, 5) is 33.4. The number of rotatable bonds is 5. The number of carbonyl (C=O) groups excluding carboxylic acids is 1. The Morgan fingerprint density at radius 1 is 0.682 bits per heavy atom. The number of carboxylic acids is 2. The zero-order valence-corrected chi connectivity index (χ0v) is 11.4. The Hall–Kier alpha value is -3.21. The normalized spacial score (nSPS) is 10.5. The predicted molar refractivity (Wildman–Crippen MR) is 80.2 cm³/mol. The summed E-state index contributed by atoms with van der Waals surface area (Å²) < 4.78 is 0. The molecule has 0 aromatic heterocycles. The fourth-order valence-electron chi connectivity index (χ4n) is 1.78. The molecular formula is C17H12O5. The van der Waals surface area contributed by atoms with E-state index in [2.05, 4.69) is 0 Å². The third kappa shape index (κ3) is 3.67. The molecule has 0 unspecified atom stereocenters. The highest BCUT2D eigenvalue weighted by atomic mass is 16.4. The van der Waals surface area contributed by atoms with Crippen LogP contribution in [0, 0.1) is 0 Å². The Morgan fingerprint density at radius 2 is 1.09 bits per heavy atom. The van der Waals surface area contributed by atoms with Crippen molar-refractivity contribution in [1.82, 2.24) is 0 Å². The summed E-state index contributed by atoms with van der Waals surface area (Å²) in [5.41, 5.74) is 1.36. The Morgan fingerprint density at radius 3 is 1.55 bits per heavy atom. The van der Waals surface area contributed by atoms with Gasteiger partial charge in [-0.2, -0.15) is 0 Å². The van der Waals surface area contributed by atoms with Gasteiger partial charge in [-0.1, -0.05) is 30.3 Å². The number of hydrogen-bond acceptors (Lipinski definition) is 3. The molecule has 0 saturated heterocycles. The maximum atomic E-state index is 11.9. The molecule has 110 valence electrons. The van der Waals surface area contributed by atoms with Crippen molar-refractivity contribution in [2.75, 3.05) is 0 Å². The average molecular weight is 296 g/mol. The van der Waals surface area contributed by atoms with Gasteiger partial charge in [-0.15, -0.1) is 0 Å². The topological polar surface area (TPSA) is 91.7 Å².